The Morgan fingerprint density at radius 3 is 3.00 bits per heavy atom. The molecule has 0 spiro atoms. The van der Waals surface area contributed by atoms with Gasteiger partial charge < -0.3 is 15.2 Å². The van der Waals surface area contributed by atoms with Gasteiger partial charge in [0.15, 0.2) is 0 Å². The van der Waals surface area contributed by atoms with Crippen LogP contribution in [0.15, 0.2) is 18.2 Å². The van der Waals surface area contributed by atoms with Crippen molar-refractivity contribution in [3.63, 3.8) is 0 Å². The molecule has 1 aromatic rings. The summed E-state index contributed by atoms with van der Waals surface area (Å²) in [5.74, 6) is 5.38. The van der Waals surface area contributed by atoms with Crippen LogP contribution in [-0.2, 0) is 4.74 Å². The Hall–Kier alpha value is -1.83. The van der Waals surface area contributed by atoms with Gasteiger partial charge in [-0.2, -0.15) is 0 Å². The van der Waals surface area contributed by atoms with E-state index in [0.29, 0.717) is 5.56 Å². The number of hydrogen-bond acceptors (Lipinski definition) is 3. The highest BCUT2D eigenvalue weighted by Crippen LogP contribution is 2.22. The minimum atomic E-state index is -0.187. The van der Waals surface area contributed by atoms with Crippen LogP contribution in [0.1, 0.15) is 40.7 Å². The Labute approximate surface area is 125 Å². The summed E-state index contributed by atoms with van der Waals surface area (Å²) in [6.45, 7) is 1.74. The van der Waals surface area contributed by atoms with E-state index in [4.69, 9.17) is 9.84 Å². The SMILES string of the molecule is COC1CCCC1NC(=O)c1ccc(C)c(C#CCO)c1. The minimum absolute atomic E-state index is 0.0794. The number of carbonyl (C=O) groups is 1. The Morgan fingerprint density at radius 2 is 2.29 bits per heavy atom. The fraction of sp³-hybridized carbons (Fsp3) is 0.471. The zero-order valence-corrected chi connectivity index (χ0v) is 12.5. The largest absolute Gasteiger partial charge is 0.384 e. The maximum absolute atomic E-state index is 12.3. The van der Waals surface area contributed by atoms with Crippen molar-refractivity contribution in [3.8, 4) is 11.8 Å². The number of methoxy groups -OCH3 is 1. The van der Waals surface area contributed by atoms with E-state index in [1.54, 1.807) is 19.2 Å². The maximum atomic E-state index is 12.3. The normalized spacial score (nSPS) is 20.7. The van der Waals surface area contributed by atoms with Gasteiger partial charge in [-0.1, -0.05) is 17.9 Å². The van der Waals surface area contributed by atoms with Gasteiger partial charge >= 0.3 is 0 Å². The highest BCUT2D eigenvalue weighted by atomic mass is 16.5. The van der Waals surface area contributed by atoms with E-state index in [2.05, 4.69) is 17.2 Å². The molecule has 0 aromatic heterocycles. The molecule has 2 N–H and O–H groups in total. The molecule has 0 bridgehead atoms. The number of rotatable bonds is 3. The predicted octanol–water partition coefficient (Wildman–Crippen LogP) is 1.64. The second-order valence-corrected chi connectivity index (χ2v) is 5.27. The van der Waals surface area contributed by atoms with Gasteiger partial charge in [-0.05, 0) is 43.9 Å². The van der Waals surface area contributed by atoms with E-state index in [9.17, 15) is 4.79 Å². The average molecular weight is 287 g/mol. The Bertz CT molecular complexity index is 571. The van der Waals surface area contributed by atoms with Crippen LogP contribution in [0.25, 0.3) is 0 Å². The van der Waals surface area contributed by atoms with E-state index in [1.165, 1.54) is 0 Å². The Kier molecular flexibility index (Phi) is 5.38. The van der Waals surface area contributed by atoms with Crippen molar-refractivity contribution < 1.29 is 14.6 Å². The summed E-state index contributed by atoms with van der Waals surface area (Å²) in [5.41, 5.74) is 2.35. The van der Waals surface area contributed by atoms with E-state index in [0.717, 1.165) is 30.4 Å². The van der Waals surface area contributed by atoms with E-state index in [1.807, 2.05) is 13.0 Å². The van der Waals surface area contributed by atoms with Crippen molar-refractivity contribution in [1.29, 1.82) is 0 Å². The van der Waals surface area contributed by atoms with Crippen molar-refractivity contribution in [3.05, 3.63) is 34.9 Å². The van der Waals surface area contributed by atoms with Gasteiger partial charge in [-0.3, -0.25) is 4.79 Å². The number of benzene rings is 1. The van der Waals surface area contributed by atoms with Crippen LogP contribution in [0.2, 0.25) is 0 Å². The number of amides is 1. The van der Waals surface area contributed by atoms with Crippen LogP contribution >= 0.6 is 0 Å². The minimum Gasteiger partial charge on any atom is -0.384 e. The molecule has 1 amide bonds. The smallest absolute Gasteiger partial charge is 0.251 e. The van der Waals surface area contributed by atoms with Gasteiger partial charge in [0.05, 0.1) is 12.1 Å². The molecule has 0 saturated heterocycles. The summed E-state index contributed by atoms with van der Waals surface area (Å²) in [6.07, 6.45) is 3.12. The molecule has 112 valence electrons. The lowest BCUT2D eigenvalue weighted by molar-refractivity contribution is 0.0722. The number of aryl methyl sites for hydroxylation is 1. The number of aliphatic hydroxyl groups excluding tert-OH is 1. The molecule has 2 unspecified atom stereocenters. The highest BCUT2D eigenvalue weighted by molar-refractivity contribution is 5.95. The molecular weight excluding hydrogens is 266 g/mol. The van der Waals surface area contributed by atoms with Crippen LogP contribution in [0.4, 0.5) is 0 Å². The summed E-state index contributed by atoms with van der Waals surface area (Å²) >= 11 is 0. The van der Waals surface area contributed by atoms with Crippen LogP contribution in [0, 0.1) is 18.8 Å². The first-order valence-corrected chi connectivity index (χ1v) is 7.19. The predicted molar refractivity (Wildman–Crippen MR) is 81.0 cm³/mol. The summed E-state index contributed by atoms with van der Waals surface area (Å²) in [5, 5.41) is 11.8. The second-order valence-electron chi connectivity index (χ2n) is 5.27. The third kappa shape index (κ3) is 3.84. The molecular formula is C17H21NO3. The summed E-state index contributed by atoms with van der Waals surface area (Å²) in [6, 6.07) is 5.52. The third-order valence-electron chi connectivity index (χ3n) is 3.87. The van der Waals surface area contributed by atoms with E-state index < -0.39 is 0 Å². The van der Waals surface area contributed by atoms with Gasteiger partial charge in [0.2, 0.25) is 0 Å². The molecule has 1 fully saturated rings. The molecule has 0 aliphatic heterocycles. The fourth-order valence-electron chi connectivity index (χ4n) is 2.66. The van der Waals surface area contributed by atoms with Crippen molar-refractivity contribution >= 4 is 5.91 Å². The molecule has 4 nitrogen and oxygen atoms in total. The summed E-state index contributed by atoms with van der Waals surface area (Å²) < 4.78 is 5.39. The Balaban J connectivity index is 2.12. The number of nitrogens with one attached hydrogen (secondary N) is 1. The first-order chi connectivity index (χ1) is 10.2. The van der Waals surface area contributed by atoms with E-state index in [-0.39, 0.29) is 24.7 Å². The molecule has 4 heteroatoms. The Morgan fingerprint density at radius 1 is 1.48 bits per heavy atom. The van der Waals surface area contributed by atoms with Crippen LogP contribution in [-0.4, -0.2) is 36.9 Å². The zero-order chi connectivity index (χ0) is 15.2. The first kappa shape index (κ1) is 15.6. The number of hydrogen-bond donors (Lipinski definition) is 2. The standard InChI is InChI=1S/C17H21NO3/c1-12-8-9-14(11-13(12)5-4-10-19)17(20)18-15-6-3-7-16(15)21-2/h8-9,11,15-16,19H,3,6-7,10H2,1-2H3,(H,18,20). The molecule has 2 rings (SSSR count). The lowest BCUT2D eigenvalue weighted by Gasteiger charge is -2.19. The highest BCUT2D eigenvalue weighted by Gasteiger charge is 2.28. The lowest BCUT2D eigenvalue weighted by Crippen LogP contribution is -2.40. The topological polar surface area (TPSA) is 58.6 Å². The van der Waals surface area contributed by atoms with Gasteiger partial charge in [0.1, 0.15) is 6.61 Å². The van der Waals surface area contributed by atoms with Crippen molar-refractivity contribution in [1.82, 2.24) is 5.32 Å². The summed E-state index contributed by atoms with van der Waals surface area (Å²) in [4.78, 5) is 12.3. The van der Waals surface area contributed by atoms with Gasteiger partial charge in [-0.25, -0.2) is 0 Å². The molecule has 1 saturated carbocycles. The summed E-state index contributed by atoms with van der Waals surface area (Å²) in [7, 11) is 1.68. The van der Waals surface area contributed by atoms with Crippen molar-refractivity contribution in [2.45, 2.75) is 38.3 Å². The van der Waals surface area contributed by atoms with Crippen LogP contribution in [0.3, 0.4) is 0 Å². The average Bonchev–Trinajstić information content (AvgIpc) is 2.93. The monoisotopic (exact) mass is 287 g/mol. The first-order valence-electron chi connectivity index (χ1n) is 7.19. The molecule has 2 atom stereocenters. The molecule has 21 heavy (non-hydrogen) atoms. The molecule has 0 heterocycles. The lowest BCUT2D eigenvalue weighted by atomic mass is 10.0. The number of ether oxygens (including phenoxy) is 1. The van der Waals surface area contributed by atoms with Crippen molar-refractivity contribution in [2.75, 3.05) is 13.7 Å². The van der Waals surface area contributed by atoms with Gasteiger partial charge in [0.25, 0.3) is 5.91 Å². The van der Waals surface area contributed by atoms with Gasteiger partial charge in [0, 0.05) is 18.2 Å². The second kappa shape index (κ2) is 7.26. The molecule has 0 radical (unpaired) electrons. The zero-order valence-electron chi connectivity index (χ0n) is 12.5. The van der Waals surface area contributed by atoms with E-state index >= 15 is 0 Å². The fourth-order valence-corrected chi connectivity index (χ4v) is 2.66. The quantitative estimate of drug-likeness (QED) is 0.831. The third-order valence-corrected chi connectivity index (χ3v) is 3.87. The van der Waals surface area contributed by atoms with Gasteiger partial charge in [-0.15, -0.1) is 0 Å². The number of carbonyl (C=O) groups excluding carboxylic acids is 1. The van der Waals surface area contributed by atoms with Crippen LogP contribution < -0.4 is 5.32 Å². The molecule has 1 aromatic carbocycles. The molecule has 1 aliphatic carbocycles. The molecule has 1 aliphatic rings. The maximum Gasteiger partial charge on any atom is 0.251 e. The van der Waals surface area contributed by atoms with Crippen LogP contribution in [0.5, 0.6) is 0 Å². The van der Waals surface area contributed by atoms with Crippen molar-refractivity contribution in [2.24, 2.45) is 0 Å². The number of aliphatic hydroxyl groups is 1.